The topological polar surface area (TPSA) is 52.6 Å². The van der Waals surface area contributed by atoms with Crippen LogP contribution < -0.4 is 0 Å². The minimum absolute atomic E-state index is 0.116. The third kappa shape index (κ3) is 7.89. The maximum absolute atomic E-state index is 10.8. The summed E-state index contributed by atoms with van der Waals surface area (Å²) < 4.78 is 9.07. The molecule has 0 unspecified atom stereocenters. The minimum Gasteiger partial charge on any atom is -0.463 e. The summed E-state index contributed by atoms with van der Waals surface area (Å²) >= 11 is 10.6. The monoisotopic (exact) mass is 240 g/mol. The highest BCUT2D eigenvalue weighted by Crippen LogP contribution is 2.01. The molecule has 14 heavy (non-hydrogen) atoms. The van der Waals surface area contributed by atoms with Crippen molar-refractivity contribution in [3.05, 3.63) is 12.2 Å². The van der Waals surface area contributed by atoms with Crippen LogP contribution in [0.5, 0.6) is 0 Å². The van der Waals surface area contributed by atoms with E-state index in [9.17, 15) is 9.59 Å². The van der Waals surface area contributed by atoms with Crippen molar-refractivity contribution in [1.82, 2.24) is 0 Å². The van der Waals surface area contributed by atoms with E-state index < -0.39 is 16.8 Å². The molecule has 0 atom stereocenters. The van der Waals surface area contributed by atoms with E-state index in [0.717, 1.165) is 12.2 Å². The van der Waals surface area contributed by atoms with Crippen LogP contribution in [0, 0.1) is 0 Å². The molecule has 0 saturated heterocycles. The molecule has 0 aromatic rings. The average molecular weight is 241 g/mol. The van der Waals surface area contributed by atoms with Crippen LogP contribution in [0.1, 0.15) is 6.92 Å². The molecule has 0 bridgehead atoms. The molecule has 0 fully saturated rings. The molecule has 0 radical (unpaired) electrons. The Hall–Kier alpha value is -0.740. The first kappa shape index (κ1) is 13.3. The summed E-state index contributed by atoms with van der Waals surface area (Å²) in [5, 5.41) is 0. The van der Waals surface area contributed by atoms with Gasteiger partial charge in [-0.15, -0.1) is 23.2 Å². The number of esters is 2. The third-order valence-corrected chi connectivity index (χ3v) is 1.25. The first-order valence-corrected chi connectivity index (χ1v) is 4.73. The van der Waals surface area contributed by atoms with Gasteiger partial charge in [0.05, 0.1) is 6.61 Å². The highest BCUT2D eigenvalue weighted by Gasteiger charge is 2.03. The lowest BCUT2D eigenvalue weighted by Crippen LogP contribution is -2.08. The van der Waals surface area contributed by atoms with Crippen molar-refractivity contribution in [2.24, 2.45) is 0 Å². The molecular formula is C8H10Cl2O4. The molecule has 0 aliphatic heterocycles. The molecule has 6 heteroatoms. The standard InChI is InChI=1S/C8H10Cl2O4/c1-2-13-7(11)3-4-8(12)14-5-6(9)10/h3-4,6H,2,5H2,1H3/b4-3+. The van der Waals surface area contributed by atoms with E-state index in [1.54, 1.807) is 6.92 Å². The van der Waals surface area contributed by atoms with Gasteiger partial charge in [0.1, 0.15) is 11.4 Å². The van der Waals surface area contributed by atoms with Crippen molar-refractivity contribution in [1.29, 1.82) is 0 Å². The number of carbonyl (C=O) groups excluding carboxylic acids is 2. The number of hydrogen-bond acceptors (Lipinski definition) is 4. The van der Waals surface area contributed by atoms with Gasteiger partial charge in [-0.05, 0) is 6.92 Å². The Kier molecular flexibility index (Phi) is 7.24. The minimum atomic E-state index is -0.769. The zero-order chi connectivity index (χ0) is 11.0. The molecule has 0 saturated carbocycles. The van der Waals surface area contributed by atoms with E-state index in [1.165, 1.54) is 0 Å². The quantitative estimate of drug-likeness (QED) is 0.415. The molecule has 80 valence electrons. The van der Waals surface area contributed by atoms with E-state index in [0.29, 0.717) is 0 Å². The Labute approximate surface area is 91.8 Å². The van der Waals surface area contributed by atoms with Gasteiger partial charge in [-0.2, -0.15) is 0 Å². The number of halogens is 2. The second kappa shape index (κ2) is 7.64. The van der Waals surface area contributed by atoms with Gasteiger partial charge < -0.3 is 9.47 Å². The highest BCUT2D eigenvalue weighted by molar-refractivity contribution is 6.44. The SMILES string of the molecule is CCOC(=O)/C=C/C(=O)OCC(Cl)Cl. The number of rotatable bonds is 5. The Bertz CT molecular complexity index is 225. The van der Waals surface area contributed by atoms with E-state index in [4.69, 9.17) is 23.2 Å². The van der Waals surface area contributed by atoms with Crippen LogP contribution in [0.2, 0.25) is 0 Å². The van der Waals surface area contributed by atoms with Gasteiger partial charge in [0.15, 0.2) is 0 Å². The molecule has 0 aliphatic rings. The summed E-state index contributed by atoms with van der Waals surface area (Å²) in [6.45, 7) is 1.80. The molecule has 4 nitrogen and oxygen atoms in total. The lowest BCUT2D eigenvalue weighted by Gasteiger charge is -2.00. The van der Waals surface area contributed by atoms with Gasteiger partial charge in [0.25, 0.3) is 0 Å². The van der Waals surface area contributed by atoms with E-state index in [2.05, 4.69) is 9.47 Å². The predicted octanol–water partition coefficient (Wildman–Crippen LogP) is 1.45. The van der Waals surface area contributed by atoms with E-state index >= 15 is 0 Å². The van der Waals surface area contributed by atoms with E-state index in [-0.39, 0.29) is 13.2 Å². The fraction of sp³-hybridized carbons (Fsp3) is 0.500. The Balaban J connectivity index is 3.76. The van der Waals surface area contributed by atoms with Crippen molar-refractivity contribution >= 4 is 35.1 Å². The molecule has 0 aliphatic carbocycles. The van der Waals surface area contributed by atoms with Crippen LogP contribution in [0.15, 0.2) is 12.2 Å². The molecule has 0 aromatic heterocycles. The zero-order valence-corrected chi connectivity index (χ0v) is 9.05. The molecule has 0 heterocycles. The molecule has 0 amide bonds. The van der Waals surface area contributed by atoms with Crippen molar-refractivity contribution < 1.29 is 19.1 Å². The summed E-state index contributed by atoms with van der Waals surface area (Å²) in [4.78, 5) is 20.8. The fourth-order valence-corrected chi connectivity index (χ4v) is 0.646. The Morgan fingerprint density at radius 3 is 2.14 bits per heavy atom. The molecule has 0 rings (SSSR count). The number of carbonyl (C=O) groups is 2. The predicted molar refractivity (Wildman–Crippen MR) is 52.2 cm³/mol. The van der Waals surface area contributed by atoms with Crippen molar-refractivity contribution in [3.63, 3.8) is 0 Å². The number of alkyl halides is 2. The van der Waals surface area contributed by atoms with Crippen LogP contribution in [0.3, 0.4) is 0 Å². The van der Waals surface area contributed by atoms with Crippen LogP contribution in [-0.4, -0.2) is 30.0 Å². The summed E-state index contributed by atoms with van der Waals surface area (Å²) in [5.74, 6) is -1.29. The average Bonchev–Trinajstić information content (AvgIpc) is 2.12. The van der Waals surface area contributed by atoms with Crippen LogP contribution in [0.25, 0.3) is 0 Å². The Morgan fingerprint density at radius 2 is 1.71 bits per heavy atom. The van der Waals surface area contributed by atoms with Gasteiger partial charge in [-0.1, -0.05) is 0 Å². The molecular weight excluding hydrogens is 231 g/mol. The first-order valence-electron chi connectivity index (χ1n) is 3.86. The highest BCUT2D eigenvalue weighted by atomic mass is 35.5. The van der Waals surface area contributed by atoms with Crippen LogP contribution >= 0.6 is 23.2 Å². The second-order valence-electron chi connectivity index (χ2n) is 2.11. The first-order chi connectivity index (χ1) is 6.56. The molecule has 0 N–H and O–H groups in total. The molecule has 0 aromatic carbocycles. The lowest BCUT2D eigenvalue weighted by atomic mass is 10.5. The largest absolute Gasteiger partial charge is 0.463 e. The summed E-state index contributed by atoms with van der Waals surface area (Å²) in [6, 6.07) is 0. The summed E-state index contributed by atoms with van der Waals surface area (Å²) in [7, 11) is 0. The van der Waals surface area contributed by atoms with Crippen LogP contribution in [0.4, 0.5) is 0 Å². The van der Waals surface area contributed by atoms with E-state index in [1.807, 2.05) is 0 Å². The summed E-state index contributed by atoms with van der Waals surface area (Å²) in [5.41, 5.74) is 0. The van der Waals surface area contributed by atoms with Gasteiger partial charge in [-0.3, -0.25) is 0 Å². The second-order valence-corrected chi connectivity index (χ2v) is 3.38. The number of hydrogen-bond donors (Lipinski definition) is 0. The van der Waals surface area contributed by atoms with Crippen molar-refractivity contribution in [3.8, 4) is 0 Å². The number of ether oxygens (including phenoxy) is 2. The summed E-state index contributed by atoms with van der Waals surface area (Å²) in [6.07, 6.45) is 1.93. The van der Waals surface area contributed by atoms with Crippen molar-refractivity contribution in [2.45, 2.75) is 11.8 Å². The van der Waals surface area contributed by atoms with Gasteiger partial charge in [-0.25, -0.2) is 9.59 Å². The van der Waals surface area contributed by atoms with Gasteiger partial charge in [0, 0.05) is 12.2 Å². The Morgan fingerprint density at radius 1 is 1.21 bits per heavy atom. The van der Waals surface area contributed by atoms with Crippen LogP contribution in [-0.2, 0) is 19.1 Å². The molecule has 0 spiro atoms. The van der Waals surface area contributed by atoms with Gasteiger partial charge in [0.2, 0.25) is 0 Å². The smallest absolute Gasteiger partial charge is 0.331 e. The third-order valence-electron chi connectivity index (χ3n) is 0.994. The fourth-order valence-electron chi connectivity index (χ4n) is 0.520. The lowest BCUT2D eigenvalue weighted by molar-refractivity contribution is -0.140. The maximum atomic E-state index is 10.8. The maximum Gasteiger partial charge on any atom is 0.331 e. The van der Waals surface area contributed by atoms with Crippen molar-refractivity contribution in [2.75, 3.05) is 13.2 Å². The zero-order valence-electron chi connectivity index (χ0n) is 7.54. The normalized spacial score (nSPS) is 10.6. The van der Waals surface area contributed by atoms with Gasteiger partial charge >= 0.3 is 11.9 Å².